The zero-order valence-electron chi connectivity index (χ0n) is 12.3. The quantitative estimate of drug-likeness (QED) is 0.763. The molecule has 1 N–H and O–H groups in total. The summed E-state index contributed by atoms with van der Waals surface area (Å²) in [5, 5.41) is 4.96. The molecule has 0 spiro atoms. The minimum atomic E-state index is -0.00993. The molecule has 0 saturated carbocycles. The number of aromatic nitrogens is 1. The predicted molar refractivity (Wildman–Crippen MR) is 90.9 cm³/mol. The Hall–Kier alpha value is -1.42. The first-order valence-electron chi connectivity index (χ1n) is 7.44. The normalized spacial score (nSPS) is 12.3. The van der Waals surface area contributed by atoms with Crippen molar-refractivity contribution in [3.8, 4) is 0 Å². The zero-order chi connectivity index (χ0) is 15.1. The Morgan fingerprint density at radius 3 is 2.90 bits per heavy atom. The lowest BCUT2D eigenvalue weighted by molar-refractivity contribution is 0.0947. The first-order chi connectivity index (χ1) is 10.3. The molecule has 1 amide bonds. The monoisotopic (exact) mass is 348 g/mol. The molecule has 112 valence electrons. The second-order valence-corrected chi connectivity index (χ2v) is 6.01. The molecular weight excluding hydrogens is 328 g/mol. The third-order valence-electron chi connectivity index (χ3n) is 3.66. The van der Waals surface area contributed by atoms with Crippen LogP contribution < -0.4 is 5.32 Å². The van der Waals surface area contributed by atoms with Crippen LogP contribution in [0.1, 0.15) is 36.5 Å². The first-order valence-corrected chi connectivity index (χ1v) is 8.56. The lowest BCUT2D eigenvalue weighted by Gasteiger charge is -2.16. The van der Waals surface area contributed by atoms with Crippen molar-refractivity contribution in [1.82, 2.24) is 10.3 Å². The average molecular weight is 349 g/mol. The molecule has 2 rings (SSSR count). The van der Waals surface area contributed by atoms with Gasteiger partial charge in [0.1, 0.15) is 0 Å². The molecule has 0 fully saturated rings. The maximum absolute atomic E-state index is 12.4. The minimum absolute atomic E-state index is 0.00993. The summed E-state index contributed by atoms with van der Waals surface area (Å²) in [6.45, 7) is 2.91. The molecule has 1 unspecified atom stereocenters. The van der Waals surface area contributed by atoms with Crippen LogP contribution in [0.15, 0.2) is 36.5 Å². The van der Waals surface area contributed by atoms with Crippen molar-refractivity contribution in [3.05, 3.63) is 42.1 Å². The highest BCUT2D eigenvalue weighted by atomic mass is 79.9. The number of carbonyl (C=O) groups is 1. The van der Waals surface area contributed by atoms with Gasteiger partial charge in [0.05, 0.1) is 5.52 Å². The van der Waals surface area contributed by atoms with Crippen molar-refractivity contribution < 1.29 is 4.79 Å². The van der Waals surface area contributed by atoms with Crippen LogP contribution in [0.4, 0.5) is 0 Å². The van der Waals surface area contributed by atoms with E-state index in [4.69, 9.17) is 0 Å². The molecule has 1 aromatic carbocycles. The third-order valence-corrected chi connectivity index (χ3v) is 4.11. The van der Waals surface area contributed by atoms with E-state index in [-0.39, 0.29) is 5.91 Å². The van der Waals surface area contributed by atoms with E-state index < -0.39 is 0 Å². The number of amides is 1. The van der Waals surface area contributed by atoms with Gasteiger partial charge in [0.2, 0.25) is 0 Å². The van der Waals surface area contributed by atoms with Crippen LogP contribution in [0.2, 0.25) is 0 Å². The molecule has 0 aliphatic heterocycles. The summed E-state index contributed by atoms with van der Waals surface area (Å²) in [6.07, 6.45) is 5.12. The summed E-state index contributed by atoms with van der Waals surface area (Å²) in [5.41, 5.74) is 1.56. The molecule has 0 bridgehead atoms. The van der Waals surface area contributed by atoms with Crippen LogP contribution in [0.25, 0.3) is 10.9 Å². The fourth-order valence-electron chi connectivity index (χ4n) is 2.54. The van der Waals surface area contributed by atoms with Gasteiger partial charge in [-0.2, -0.15) is 0 Å². The van der Waals surface area contributed by atoms with Gasteiger partial charge in [0.15, 0.2) is 0 Å². The number of alkyl halides is 1. The van der Waals surface area contributed by atoms with Gasteiger partial charge in [0.25, 0.3) is 5.91 Å². The largest absolute Gasteiger partial charge is 0.352 e. The number of benzene rings is 1. The second kappa shape index (κ2) is 8.13. The van der Waals surface area contributed by atoms with Gasteiger partial charge in [-0.1, -0.05) is 41.4 Å². The van der Waals surface area contributed by atoms with Gasteiger partial charge in [-0.05, 0) is 37.0 Å². The first kappa shape index (κ1) is 16.0. The Balaban J connectivity index is 2.08. The molecule has 0 saturated heterocycles. The number of nitrogens with one attached hydrogen (secondary N) is 1. The number of rotatable bonds is 7. The van der Waals surface area contributed by atoms with E-state index in [0.717, 1.165) is 42.0 Å². The maximum Gasteiger partial charge on any atom is 0.251 e. The van der Waals surface area contributed by atoms with Crippen LogP contribution in [-0.4, -0.2) is 22.8 Å². The molecule has 1 atom stereocenters. The summed E-state index contributed by atoms with van der Waals surface area (Å²) in [7, 11) is 0. The Morgan fingerprint density at radius 2 is 2.14 bits per heavy atom. The average Bonchev–Trinajstić information content (AvgIpc) is 2.52. The molecule has 21 heavy (non-hydrogen) atoms. The molecule has 1 aromatic heterocycles. The number of nitrogens with zero attached hydrogens (tertiary/aromatic N) is 1. The highest BCUT2D eigenvalue weighted by Crippen LogP contribution is 2.17. The summed E-state index contributed by atoms with van der Waals surface area (Å²) in [5.74, 6) is 0.524. The second-order valence-electron chi connectivity index (χ2n) is 5.22. The van der Waals surface area contributed by atoms with Crippen molar-refractivity contribution in [2.75, 3.05) is 11.9 Å². The summed E-state index contributed by atoms with van der Waals surface area (Å²) >= 11 is 3.48. The number of hydrogen-bond acceptors (Lipinski definition) is 2. The number of pyridine rings is 1. The fraction of sp³-hybridized carbons (Fsp3) is 0.412. The molecular formula is C17H21BrN2O. The van der Waals surface area contributed by atoms with Crippen molar-refractivity contribution in [1.29, 1.82) is 0 Å². The van der Waals surface area contributed by atoms with Crippen LogP contribution in [0.3, 0.4) is 0 Å². The molecule has 4 heteroatoms. The number of halogens is 1. The number of fused-ring (bicyclic) bond motifs is 1. The Labute approximate surface area is 134 Å². The highest BCUT2D eigenvalue weighted by Gasteiger charge is 2.13. The van der Waals surface area contributed by atoms with Gasteiger partial charge in [-0.3, -0.25) is 9.78 Å². The Kier molecular flexibility index (Phi) is 6.18. The van der Waals surface area contributed by atoms with Crippen molar-refractivity contribution in [2.24, 2.45) is 5.92 Å². The topological polar surface area (TPSA) is 42.0 Å². The van der Waals surface area contributed by atoms with Gasteiger partial charge < -0.3 is 5.32 Å². The van der Waals surface area contributed by atoms with Crippen molar-refractivity contribution >= 4 is 32.7 Å². The van der Waals surface area contributed by atoms with E-state index in [1.54, 1.807) is 6.20 Å². The van der Waals surface area contributed by atoms with E-state index in [0.29, 0.717) is 11.5 Å². The molecule has 2 aromatic rings. The third kappa shape index (κ3) is 4.27. The number of carbonyl (C=O) groups excluding carboxylic acids is 1. The van der Waals surface area contributed by atoms with E-state index in [1.807, 2.05) is 30.3 Å². The molecule has 1 heterocycles. The van der Waals surface area contributed by atoms with Crippen LogP contribution in [0, 0.1) is 5.92 Å². The van der Waals surface area contributed by atoms with Crippen LogP contribution >= 0.6 is 15.9 Å². The Bertz CT molecular complexity index is 589. The van der Waals surface area contributed by atoms with Crippen molar-refractivity contribution in [3.63, 3.8) is 0 Å². The fourth-order valence-corrected chi connectivity index (χ4v) is 3.19. The van der Waals surface area contributed by atoms with E-state index in [1.165, 1.54) is 0 Å². The van der Waals surface area contributed by atoms with Gasteiger partial charge in [-0.15, -0.1) is 0 Å². The minimum Gasteiger partial charge on any atom is -0.352 e. The summed E-state index contributed by atoms with van der Waals surface area (Å²) in [4.78, 5) is 16.7. The standard InChI is InChI=1S/C17H21BrN2O/c1-2-5-13(9-10-18)12-20-17(21)15-6-3-8-16-14(15)7-4-11-19-16/h3-4,6-8,11,13H,2,5,9-10,12H2,1H3,(H,20,21). The van der Waals surface area contributed by atoms with Gasteiger partial charge >= 0.3 is 0 Å². The smallest absolute Gasteiger partial charge is 0.251 e. The van der Waals surface area contributed by atoms with Gasteiger partial charge in [-0.25, -0.2) is 0 Å². The zero-order valence-corrected chi connectivity index (χ0v) is 13.9. The van der Waals surface area contributed by atoms with E-state index >= 15 is 0 Å². The Morgan fingerprint density at radius 1 is 1.29 bits per heavy atom. The van der Waals surface area contributed by atoms with Crippen molar-refractivity contribution in [2.45, 2.75) is 26.2 Å². The predicted octanol–water partition coefficient (Wildman–Crippen LogP) is 4.17. The molecule has 0 radical (unpaired) electrons. The lowest BCUT2D eigenvalue weighted by atomic mass is 10.0. The maximum atomic E-state index is 12.4. The summed E-state index contributed by atoms with van der Waals surface area (Å²) in [6, 6.07) is 9.48. The van der Waals surface area contributed by atoms with E-state index in [2.05, 4.69) is 33.2 Å². The van der Waals surface area contributed by atoms with Gasteiger partial charge in [0, 0.05) is 29.0 Å². The summed E-state index contributed by atoms with van der Waals surface area (Å²) < 4.78 is 0. The SMILES string of the molecule is CCCC(CCBr)CNC(=O)c1cccc2ncccc12. The molecule has 0 aliphatic rings. The van der Waals surface area contributed by atoms with Crippen LogP contribution in [-0.2, 0) is 0 Å². The molecule has 3 nitrogen and oxygen atoms in total. The van der Waals surface area contributed by atoms with Crippen LogP contribution in [0.5, 0.6) is 0 Å². The van der Waals surface area contributed by atoms with E-state index in [9.17, 15) is 4.79 Å². The highest BCUT2D eigenvalue weighted by molar-refractivity contribution is 9.09. The number of hydrogen-bond donors (Lipinski definition) is 1. The lowest BCUT2D eigenvalue weighted by Crippen LogP contribution is -2.29. The molecule has 0 aliphatic carbocycles.